The van der Waals surface area contributed by atoms with Gasteiger partial charge in [0.25, 0.3) is 0 Å². The molecule has 1 aromatic carbocycles. The Hall–Kier alpha value is -1.88. The summed E-state index contributed by atoms with van der Waals surface area (Å²) < 4.78 is 0. The molecule has 1 atom stereocenters. The monoisotopic (exact) mass is 250 g/mol. The zero-order valence-corrected chi connectivity index (χ0v) is 10.4. The lowest BCUT2D eigenvalue weighted by Crippen LogP contribution is -2.36. The van der Waals surface area contributed by atoms with Gasteiger partial charge in [-0.15, -0.1) is 0 Å². The lowest BCUT2D eigenvalue weighted by atomic mass is 10.1. The van der Waals surface area contributed by atoms with Crippen LogP contribution in [0.4, 0.5) is 0 Å². The molecule has 1 aromatic rings. The van der Waals surface area contributed by atoms with Gasteiger partial charge in [-0.2, -0.15) is 0 Å². The molecule has 3 N–H and O–H groups in total. The maximum Gasteiger partial charge on any atom is 0.303 e. The van der Waals surface area contributed by atoms with Crippen LogP contribution < -0.4 is 5.73 Å². The first-order valence-corrected chi connectivity index (χ1v) is 5.79. The van der Waals surface area contributed by atoms with Gasteiger partial charge in [-0.05, 0) is 12.0 Å². The van der Waals surface area contributed by atoms with E-state index in [4.69, 9.17) is 10.8 Å². The van der Waals surface area contributed by atoms with Crippen molar-refractivity contribution in [1.82, 2.24) is 4.90 Å². The maximum atomic E-state index is 12.0. The highest BCUT2D eigenvalue weighted by Gasteiger charge is 2.19. The van der Waals surface area contributed by atoms with Crippen LogP contribution in [-0.4, -0.2) is 35.5 Å². The Labute approximate surface area is 106 Å². The molecule has 0 fully saturated rings. The number of aliphatic carboxylic acids is 1. The molecule has 0 spiro atoms. The molecule has 1 unspecified atom stereocenters. The zero-order chi connectivity index (χ0) is 13.5. The van der Waals surface area contributed by atoms with Crippen LogP contribution in [0.15, 0.2) is 30.3 Å². The van der Waals surface area contributed by atoms with Crippen molar-refractivity contribution in [2.75, 3.05) is 13.6 Å². The number of benzene rings is 1. The largest absolute Gasteiger partial charge is 0.481 e. The predicted octanol–water partition coefficient (Wildman–Crippen LogP) is 1.01. The van der Waals surface area contributed by atoms with E-state index in [0.29, 0.717) is 13.0 Å². The van der Waals surface area contributed by atoms with E-state index in [2.05, 4.69) is 0 Å². The van der Waals surface area contributed by atoms with Crippen molar-refractivity contribution in [2.45, 2.75) is 18.9 Å². The third kappa shape index (κ3) is 4.18. The molecule has 0 aliphatic rings. The molecule has 0 bridgehead atoms. The van der Waals surface area contributed by atoms with Gasteiger partial charge in [0.15, 0.2) is 0 Å². The van der Waals surface area contributed by atoms with E-state index in [9.17, 15) is 9.59 Å². The fraction of sp³-hybridized carbons (Fsp3) is 0.385. The molecule has 0 aliphatic carbocycles. The first kappa shape index (κ1) is 14.2. The van der Waals surface area contributed by atoms with E-state index in [1.54, 1.807) is 19.2 Å². The molecule has 18 heavy (non-hydrogen) atoms. The number of likely N-dealkylation sites (N-methyl/N-ethyl adjacent to an activating group) is 1. The Morgan fingerprint density at radius 2 is 1.94 bits per heavy atom. The van der Waals surface area contributed by atoms with Gasteiger partial charge in [0.05, 0.1) is 0 Å². The molecule has 0 aromatic heterocycles. The van der Waals surface area contributed by atoms with Gasteiger partial charge in [0, 0.05) is 20.0 Å². The number of carboxylic acids is 1. The highest BCUT2D eigenvalue weighted by molar-refractivity contribution is 5.82. The van der Waals surface area contributed by atoms with Crippen molar-refractivity contribution in [3.05, 3.63) is 35.9 Å². The van der Waals surface area contributed by atoms with E-state index in [1.165, 1.54) is 4.90 Å². The number of carboxylic acid groups (broad SMARTS) is 1. The zero-order valence-electron chi connectivity index (χ0n) is 10.4. The highest BCUT2D eigenvalue weighted by atomic mass is 16.4. The Kier molecular flexibility index (Phi) is 5.32. The summed E-state index contributed by atoms with van der Waals surface area (Å²) in [5, 5.41) is 8.52. The molecular formula is C13H18N2O3. The third-order valence-corrected chi connectivity index (χ3v) is 2.69. The number of nitrogens with zero attached hydrogens (tertiary/aromatic N) is 1. The number of nitrogens with two attached hydrogens (primary N) is 1. The number of amides is 1. The van der Waals surface area contributed by atoms with Crippen LogP contribution in [0.1, 0.15) is 24.4 Å². The van der Waals surface area contributed by atoms with Gasteiger partial charge in [0.2, 0.25) is 5.91 Å². The molecule has 0 radical (unpaired) electrons. The van der Waals surface area contributed by atoms with Crippen LogP contribution in [0.5, 0.6) is 0 Å². The minimum absolute atomic E-state index is 0.0538. The van der Waals surface area contributed by atoms with E-state index in [-0.39, 0.29) is 12.3 Å². The quantitative estimate of drug-likeness (QED) is 0.789. The Morgan fingerprint density at radius 1 is 1.33 bits per heavy atom. The summed E-state index contributed by atoms with van der Waals surface area (Å²) >= 11 is 0. The predicted molar refractivity (Wildman–Crippen MR) is 67.9 cm³/mol. The molecule has 5 heteroatoms. The minimum atomic E-state index is -0.858. The molecule has 1 rings (SSSR count). The van der Waals surface area contributed by atoms with E-state index in [0.717, 1.165) is 5.56 Å². The van der Waals surface area contributed by atoms with Gasteiger partial charge < -0.3 is 15.7 Å². The van der Waals surface area contributed by atoms with E-state index < -0.39 is 12.0 Å². The molecule has 0 heterocycles. The van der Waals surface area contributed by atoms with Crippen molar-refractivity contribution in [3.8, 4) is 0 Å². The fourth-order valence-electron chi connectivity index (χ4n) is 1.62. The van der Waals surface area contributed by atoms with Gasteiger partial charge in [-0.25, -0.2) is 0 Å². The molecule has 0 saturated carbocycles. The second kappa shape index (κ2) is 6.76. The average molecular weight is 250 g/mol. The van der Waals surface area contributed by atoms with E-state index >= 15 is 0 Å². The standard InChI is InChI=1S/C13H18N2O3/c1-15(9-5-8-11(16)17)13(18)12(14)10-6-3-2-4-7-10/h2-4,6-7,12H,5,8-9,14H2,1H3,(H,16,17). The molecule has 0 aliphatic heterocycles. The number of rotatable bonds is 6. The second-order valence-electron chi connectivity index (χ2n) is 4.15. The SMILES string of the molecule is CN(CCCC(=O)O)C(=O)C(N)c1ccccc1. The van der Waals surface area contributed by atoms with Crippen LogP contribution in [0.25, 0.3) is 0 Å². The molecular weight excluding hydrogens is 232 g/mol. The average Bonchev–Trinajstić information content (AvgIpc) is 2.37. The molecule has 0 saturated heterocycles. The van der Waals surface area contributed by atoms with Crippen LogP contribution in [0.2, 0.25) is 0 Å². The van der Waals surface area contributed by atoms with Gasteiger partial charge in [0.1, 0.15) is 6.04 Å². The number of hydrogen-bond acceptors (Lipinski definition) is 3. The lowest BCUT2D eigenvalue weighted by molar-refractivity contribution is -0.138. The number of carbonyl (C=O) groups excluding carboxylic acids is 1. The Bertz CT molecular complexity index is 406. The van der Waals surface area contributed by atoms with Crippen molar-refractivity contribution in [1.29, 1.82) is 0 Å². The fourth-order valence-corrected chi connectivity index (χ4v) is 1.62. The summed E-state index contributed by atoms with van der Waals surface area (Å²) in [6.07, 6.45) is 0.483. The van der Waals surface area contributed by atoms with Crippen LogP contribution in [-0.2, 0) is 9.59 Å². The summed E-state index contributed by atoms with van der Waals surface area (Å²) in [5.41, 5.74) is 6.62. The Morgan fingerprint density at radius 3 is 2.50 bits per heavy atom. The summed E-state index contributed by atoms with van der Waals surface area (Å²) in [6, 6.07) is 8.42. The van der Waals surface area contributed by atoms with Crippen LogP contribution >= 0.6 is 0 Å². The van der Waals surface area contributed by atoms with E-state index in [1.807, 2.05) is 18.2 Å². The van der Waals surface area contributed by atoms with Crippen LogP contribution in [0, 0.1) is 0 Å². The molecule has 5 nitrogen and oxygen atoms in total. The second-order valence-corrected chi connectivity index (χ2v) is 4.15. The summed E-state index contributed by atoms with van der Waals surface area (Å²) in [5.74, 6) is -1.06. The first-order chi connectivity index (χ1) is 8.52. The molecule has 1 amide bonds. The lowest BCUT2D eigenvalue weighted by Gasteiger charge is -2.21. The molecule has 98 valence electrons. The first-order valence-electron chi connectivity index (χ1n) is 5.79. The van der Waals surface area contributed by atoms with Crippen molar-refractivity contribution in [3.63, 3.8) is 0 Å². The summed E-state index contributed by atoms with van der Waals surface area (Å²) in [6.45, 7) is 0.395. The van der Waals surface area contributed by atoms with Gasteiger partial charge >= 0.3 is 5.97 Å². The number of hydrogen-bond donors (Lipinski definition) is 2. The maximum absolute atomic E-state index is 12.0. The third-order valence-electron chi connectivity index (χ3n) is 2.69. The smallest absolute Gasteiger partial charge is 0.303 e. The summed E-state index contributed by atoms with van der Waals surface area (Å²) in [4.78, 5) is 23.8. The van der Waals surface area contributed by atoms with Crippen molar-refractivity contribution < 1.29 is 14.7 Å². The number of carbonyl (C=O) groups is 2. The topological polar surface area (TPSA) is 83.6 Å². The summed E-state index contributed by atoms with van der Waals surface area (Å²) in [7, 11) is 1.63. The van der Waals surface area contributed by atoms with Crippen LogP contribution in [0.3, 0.4) is 0 Å². The van der Waals surface area contributed by atoms with Gasteiger partial charge in [-0.1, -0.05) is 30.3 Å². The van der Waals surface area contributed by atoms with Gasteiger partial charge in [-0.3, -0.25) is 9.59 Å². The minimum Gasteiger partial charge on any atom is -0.481 e. The van der Waals surface area contributed by atoms with Crippen molar-refractivity contribution in [2.24, 2.45) is 5.73 Å². The Balaban J connectivity index is 2.50. The highest BCUT2D eigenvalue weighted by Crippen LogP contribution is 2.12. The normalized spacial score (nSPS) is 11.9. The van der Waals surface area contributed by atoms with Crippen molar-refractivity contribution >= 4 is 11.9 Å².